The first-order valence-corrected chi connectivity index (χ1v) is 8.15. The molecule has 7 heteroatoms. The molecule has 130 valence electrons. The minimum absolute atomic E-state index is 0.152. The normalized spacial score (nSPS) is 18.0. The number of rotatable bonds is 5. The molecule has 0 saturated carbocycles. The van der Waals surface area contributed by atoms with E-state index in [0.717, 1.165) is 24.9 Å². The van der Waals surface area contributed by atoms with Crippen molar-refractivity contribution in [2.75, 3.05) is 31.6 Å². The largest absolute Gasteiger partial charge is 0.466 e. The number of carbonyl (C=O) groups excluding carboxylic acids is 2. The average Bonchev–Trinajstić information content (AvgIpc) is 2.81. The summed E-state index contributed by atoms with van der Waals surface area (Å²) in [6.45, 7) is 7.09. The number of hydrogen-bond acceptors (Lipinski definition) is 6. The van der Waals surface area contributed by atoms with Crippen molar-refractivity contribution in [3.05, 3.63) is 16.9 Å². The SMILES string of the molecule is CCOC(=O)C1CCCN(CC(=O)Nc2oc(C)c(C)c2C#N)C1. The molecule has 0 spiro atoms. The van der Waals surface area contributed by atoms with Gasteiger partial charge in [0.1, 0.15) is 17.4 Å². The van der Waals surface area contributed by atoms with Gasteiger partial charge in [0.15, 0.2) is 0 Å². The monoisotopic (exact) mass is 333 g/mol. The van der Waals surface area contributed by atoms with E-state index in [2.05, 4.69) is 5.32 Å². The Labute approximate surface area is 141 Å². The molecular weight excluding hydrogens is 310 g/mol. The maximum absolute atomic E-state index is 12.2. The van der Waals surface area contributed by atoms with E-state index in [1.807, 2.05) is 11.0 Å². The second kappa shape index (κ2) is 7.97. The Balaban J connectivity index is 1.94. The van der Waals surface area contributed by atoms with Crippen LogP contribution in [0.2, 0.25) is 0 Å². The summed E-state index contributed by atoms with van der Waals surface area (Å²) >= 11 is 0. The molecule has 1 fully saturated rings. The minimum Gasteiger partial charge on any atom is -0.466 e. The number of aryl methyl sites for hydroxylation is 1. The number of furan rings is 1. The number of nitrogens with one attached hydrogen (secondary N) is 1. The third-order valence-corrected chi connectivity index (χ3v) is 4.24. The average molecular weight is 333 g/mol. The van der Waals surface area contributed by atoms with Crippen LogP contribution in [0.1, 0.15) is 36.7 Å². The molecule has 0 aliphatic carbocycles. The van der Waals surface area contributed by atoms with Crippen LogP contribution >= 0.6 is 0 Å². The number of esters is 1. The number of anilines is 1. The molecule has 1 amide bonds. The van der Waals surface area contributed by atoms with Gasteiger partial charge in [-0.25, -0.2) is 0 Å². The zero-order chi connectivity index (χ0) is 17.7. The number of ether oxygens (including phenoxy) is 1. The highest BCUT2D eigenvalue weighted by atomic mass is 16.5. The van der Waals surface area contributed by atoms with Gasteiger partial charge in [-0.3, -0.25) is 19.8 Å². The lowest BCUT2D eigenvalue weighted by molar-refractivity contribution is -0.150. The summed E-state index contributed by atoms with van der Waals surface area (Å²) in [5.41, 5.74) is 1.08. The Hall–Kier alpha value is -2.33. The lowest BCUT2D eigenvalue weighted by Gasteiger charge is -2.30. The minimum atomic E-state index is -0.259. The Kier molecular flexibility index (Phi) is 5.99. The number of piperidine rings is 1. The van der Waals surface area contributed by atoms with Crippen LogP contribution in [0.3, 0.4) is 0 Å². The number of hydrogen-bond donors (Lipinski definition) is 1. The van der Waals surface area contributed by atoms with Crippen LogP contribution in [-0.4, -0.2) is 43.0 Å². The Bertz CT molecular complexity index is 660. The first-order valence-electron chi connectivity index (χ1n) is 8.15. The van der Waals surface area contributed by atoms with Crippen molar-refractivity contribution in [2.24, 2.45) is 5.92 Å². The van der Waals surface area contributed by atoms with Crippen molar-refractivity contribution >= 4 is 17.8 Å². The second-order valence-corrected chi connectivity index (χ2v) is 5.97. The fourth-order valence-electron chi connectivity index (χ4n) is 2.87. The highest BCUT2D eigenvalue weighted by Crippen LogP contribution is 2.25. The summed E-state index contributed by atoms with van der Waals surface area (Å²) < 4.78 is 10.5. The predicted molar refractivity (Wildman–Crippen MR) is 87.3 cm³/mol. The van der Waals surface area contributed by atoms with Crippen LogP contribution in [0.5, 0.6) is 0 Å². The quantitative estimate of drug-likeness (QED) is 0.828. The van der Waals surface area contributed by atoms with Crippen LogP contribution in [0.25, 0.3) is 0 Å². The van der Waals surface area contributed by atoms with E-state index < -0.39 is 0 Å². The third-order valence-electron chi connectivity index (χ3n) is 4.24. The summed E-state index contributed by atoms with van der Waals surface area (Å²) in [6, 6.07) is 2.05. The molecule has 24 heavy (non-hydrogen) atoms. The van der Waals surface area contributed by atoms with Gasteiger partial charge in [-0.15, -0.1) is 0 Å². The summed E-state index contributed by atoms with van der Waals surface area (Å²) in [4.78, 5) is 26.0. The van der Waals surface area contributed by atoms with E-state index in [9.17, 15) is 14.9 Å². The molecule has 0 aromatic carbocycles. The summed E-state index contributed by atoms with van der Waals surface area (Å²) in [6.07, 6.45) is 1.63. The molecular formula is C17H23N3O4. The van der Waals surface area contributed by atoms with Crippen LogP contribution in [0, 0.1) is 31.1 Å². The lowest BCUT2D eigenvalue weighted by atomic mass is 9.98. The Morgan fingerprint density at radius 2 is 2.21 bits per heavy atom. The van der Waals surface area contributed by atoms with Gasteiger partial charge in [0.2, 0.25) is 11.8 Å². The molecule has 2 rings (SSSR count). The maximum atomic E-state index is 12.2. The summed E-state index contributed by atoms with van der Waals surface area (Å²) in [5.74, 6) is 0.157. The van der Waals surface area contributed by atoms with Gasteiger partial charge in [-0.1, -0.05) is 0 Å². The highest BCUT2D eigenvalue weighted by molar-refractivity contribution is 5.92. The van der Waals surface area contributed by atoms with Crippen LogP contribution in [0.4, 0.5) is 5.88 Å². The lowest BCUT2D eigenvalue weighted by Crippen LogP contribution is -2.43. The summed E-state index contributed by atoms with van der Waals surface area (Å²) in [7, 11) is 0. The van der Waals surface area contributed by atoms with Gasteiger partial charge < -0.3 is 9.15 Å². The first kappa shape index (κ1) is 18.0. The molecule has 7 nitrogen and oxygen atoms in total. The van der Waals surface area contributed by atoms with Crippen molar-refractivity contribution in [2.45, 2.75) is 33.6 Å². The van der Waals surface area contributed by atoms with Crippen LogP contribution in [-0.2, 0) is 14.3 Å². The molecule has 0 bridgehead atoms. The van der Waals surface area contributed by atoms with Crippen molar-refractivity contribution in [1.82, 2.24) is 4.90 Å². The van der Waals surface area contributed by atoms with E-state index in [0.29, 0.717) is 24.5 Å². The molecule has 1 aromatic rings. The molecule has 1 N–H and O–H groups in total. The number of carbonyl (C=O) groups is 2. The van der Waals surface area contributed by atoms with Crippen LogP contribution in [0.15, 0.2) is 4.42 Å². The number of likely N-dealkylation sites (tertiary alicyclic amines) is 1. The number of nitriles is 1. The van der Waals surface area contributed by atoms with Gasteiger partial charge in [-0.05, 0) is 40.2 Å². The molecule has 1 atom stereocenters. The van der Waals surface area contributed by atoms with Gasteiger partial charge in [0.25, 0.3) is 0 Å². The second-order valence-electron chi connectivity index (χ2n) is 5.97. The molecule has 1 aromatic heterocycles. The summed E-state index contributed by atoms with van der Waals surface area (Å²) in [5, 5.41) is 11.8. The van der Waals surface area contributed by atoms with Crippen molar-refractivity contribution in [1.29, 1.82) is 5.26 Å². The van der Waals surface area contributed by atoms with E-state index in [1.165, 1.54) is 0 Å². The zero-order valence-electron chi connectivity index (χ0n) is 14.3. The van der Waals surface area contributed by atoms with Gasteiger partial charge >= 0.3 is 5.97 Å². The van der Waals surface area contributed by atoms with Crippen molar-refractivity contribution in [3.63, 3.8) is 0 Å². The van der Waals surface area contributed by atoms with Gasteiger partial charge in [0.05, 0.1) is 19.1 Å². The topological polar surface area (TPSA) is 95.6 Å². The smallest absolute Gasteiger partial charge is 0.310 e. The fraction of sp³-hybridized carbons (Fsp3) is 0.588. The standard InChI is InChI=1S/C17H23N3O4/c1-4-23-17(22)13-6-5-7-20(9-13)10-15(21)19-16-14(8-18)11(2)12(3)24-16/h13H,4-7,9-10H2,1-3H3,(H,19,21). The van der Waals surface area contributed by atoms with Gasteiger partial charge in [-0.2, -0.15) is 5.26 Å². The zero-order valence-corrected chi connectivity index (χ0v) is 14.3. The van der Waals surface area contributed by atoms with E-state index >= 15 is 0 Å². The van der Waals surface area contributed by atoms with Gasteiger partial charge in [0, 0.05) is 12.1 Å². The molecule has 2 heterocycles. The molecule has 1 aliphatic heterocycles. The Morgan fingerprint density at radius 3 is 2.88 bits per heavy atom. The molecule has 1 unspecified atom stereocenters. The highest BCUT2D eigenvalue weighted by Gasteiger charge is 2.28. The molecule has 1 aliphatic rings. The molecule has 0 radical (unpaired) electrons. The number of amides is 1. The predicted octanol–water partition coefficient (Wildman–Crippen LogP) is 1.98. The number of nitrogens with zero attached hydrogens (tertiary/aromatic N) is 2. The van der Waals surface area contributed by atoms with Crippen molar-refractivity contribution < 1.29 is 18.7 Å². The van der Waals surface area contributed by atoms with Crippen molar-refractivity contribution in [3.8, 4) is 6.07 Å². The third kappa shape index (κ3) is 4.15. The first-order chi connectivity index (χ1) is 11.5. The molecule has 1 saturated heterocycles. The van der Waals surface area contributed by atoms with E-state index in [1.54, 1.807) is 20.8 Å². The van der Waals surface area contributed by atoms with E-state index in [4.69, 9.17) is 9.15 Å². The maximum Gasteiger partial charge on any atom is 0.310 e. The van der Waals surface area contributed by atoms with Crippen LogP contribution < -0.4 is 5.32 Å². The van der Waals surface area contributed by atoms with E-state index in [-0.39, 0.29) is 30.2 Å². The fourth-order valence-corrected chi connectivity index (χ4v) is 2.87. The Morgan fingerprint density at radius 1 is 1.46 bits per heavy atom.